The summed E-state index contributed by atoms with van der Waals surface area (Å²) in [6.45, 7) is 4.85. The average molecular weight is 581 g/mol. The van der Waals surface area contributed by atoms with Gasteiger partial charge in [-0.2, -0.15) is 0 Å². The van der Waals surface area contributed by atoms with E-state index in [-0.39, 0.29) is 30.3 Å². The predicted molar refractivity (Wildman–Crippen MR) is 156 cm³/mol. The Morgan fingerprint density at radius 3 is 1.70 bits per heavy atom. The number of amides is 3. The zero-order chi connectivity index (χ0) is 30.4. The van der Waals surface area contributed by atoms with E-state index >= 15 is 0 Å². The monoisotopic (exact) mass is 580 g/mol. The molecule has 0 saturated carbocycles. The lowest BCUT2D eigenvalue weighted by molar-refractivity contribution is -0.162. The number of ether oxygens (including phenoxy) is 2. The van der Waals surface area contributed by atoms with E-state index in [1.54, 1.807) is 20.8 Å². The van der Waals surface area contributed by atoms with Crippen molar-refractivity contribution in [2.75, 3.05) is 18.5 Å². The molecule has 9 nitrogen and oxygen atoms in total. The molecule has 3 aromatic carbocycles. The van der Waals surface area contributed by atoms with Crippen molar-refractivity contribution in [2.24, 2.45) is 17.8 Å². The molecule has 0 radical (unpaired) electrons. The van der Waals surface area contributed by atoms with Crippen molar-refractivity contribution in [3.05, 3.63) is 101 Å². The summed E-state index contributed by atoms with van der Waals surface area (Å²) >= 11 is 0. The number of likely N-dealkylation sites (tertiary alicyclic amines) is 1. The highest BCUT2D eigenvalue weighted by Crippen LogP contribution is 2.61. The maximum Gasteiger partial charge on any atom is 0.338 e. The molecule has 3 aliphatic carbocycles. The van der Waals surface area contributed by atoms with E-state index in [4.69, 9.17) is 9.47 Å². The van der Waals surface area contributed by atoms with Gasteiger partial charge in [-0.3, -0.25) is 19.3 Å². The zero-order valence-corrected chi connectivity index (χ0v) is 24.1. The summed E-state index contributed by atoms with van der Waals surface area (Å²) < 4.78 is 10.3. The smallest absolute Gasteiger partial charge is 0.338 e. The highest BCUT2D eigenvalue weighted by atomic mass is 16.5. The summed E-state index contributed by atoms with van der Waals surface area (Å²) in [6, 6.07) is 20.8. The van der Waals surface area contributed by atoms with E-state index in [0.717, 1.165) is 27.2 Å². The van der Waals surface area contributed by atoms with Crippen LogP contribution in [0.15, 0.2) is 72.8 Å². The lowest BCUT2D eigenvalue weighted by Gasteiger charge is -2.45. The molecule has 43 heavy (non-hydrogen) atoms. The van der Waals surface area contributed by atoms with Gasteiger partial charge >= 0.3 is 11.9 Å². The Balaban J connectivity index is 1.19. The lowest BCUT2D eigenvalue weighted by atomic mass is 9.55. The number of carbonyl (C=O) groups excluding carboxylic acids is 5. The minimum Gasteiger partial charge on any atom is -0.462 e. The van der Waals surface area contributed by atoms with Crippen LogP contribution < -0.4 is 5.32 Å². The van der Waals surface area contributed by atoms with Crippen LogP contribution in [0.5, 0.6) is 0 Å². The Morgan fingerprint density at radius 2 is 1.26 bits per heavy atom. The van der Waals surface area contributed by atoms with Gasteiger partial charge in [0.05, 0.1) is 24.0 Å². The minimum absolute atomic E-state index is 0.248. The maximum atomic E-state index is 14.1. The molecule has 1 aliphatic heterocycles. The fourth-order valence-electron chi connectivity index (χ4n) is 6.97. The number of esters is 2. The molecule has 3 aromatic rings. The molecule has 3 atom stereocenters. The molecule has 1 fully saturated rings. The first-order valence-electron chi connectivity index (χ1n) is 14.5. The van der Waals surface area contributed by atoms with Crippen LogP contribution in [0, 0.1) is 17.8 Å². The van der Waals surface area contributed by atoms with Gasteiger partial charge in [0.25, 0.3) is 5.91 Å². The van der Waals surface area contributed by atoms with Crippen LogP contribution in [0.2, 0.25) is 0 Å². The molecule has 4 aliphatic rings. The van der Waals surface area contributed by atoms with Gasteiger partial charge in [-0.1, -0.05) is 62.4 Å². The third kappa shape index (κ3) is 4.69. The van der Waals surface area contributed by atoms with E-state index in [2.05, 4.69) is 5.32 Å². The van der Waals surface area contributed by atoms with Gasteiger partial charge in [0, 0.05) is 17.5 Å². The Hall–Kier alpha value is -4.79. The van der Waals surface area contributed by atoms with E-state index in [9.17, 15) is 24.0 Å². The molecule has 9 heteroatoms. The summed E-state index contributed by atoms with van der Waals surface area (Å²) in [6.07, 6.45) is 0. The highest BCUT2D eigenvalue weighted by Gasteiger charge is 2.63. The average Bonchev–Trinajstić information content (AvgIpc) is 3.26. The molecule has 2 bridgehead atoms. The van der Waals surface area contributed by atoms with Crippen LogP contribution in [0.1, 0.15) is 65.2 Å². The first kappa shape index (κ1) is 28.3. The summed E-state index contributed by atoms with van der Waals surface area (Å²) in [5.41, 5.74) is 4.93. The molecule has 0 spiro atoms. The third-order valence-electron chi connectivity index (χ3n) is 8.66. The number of carbonyl (C=O) groups is 5. The number of nitrogens with one attached hydrogen (secondary N) is 1. The normalized spacial score (nSPS) is 22.0. The molecule has 220 valence electrons. The Morgan fingerprint density at radius 1 is 0.767 bits per heavy atom. The summed E-state index contributed by atoms with van der Waals surface area (Å²) in [7, 11) is 0. The van der Waals surface area contributed by atoms with Crippen molar-refractivity contribution >= 4 is 35.3 Å². The molecular formula is C34H32N2O7. The Kier molecular flexibility index (Phi) is 7.33. The van der Waals surface area contributed by atoms with E-state index in [0.29, 0.717) is 11.3 Å². The largest absolute Gasteiger partial charge is 0.462 e. The van der Waals surface area contributed by atoms with Crippen LogP contribution >= 0.6 is 0 Å². The van der Waals surface area contributed by atoms with Gasteiger partial charge in [-0.15, -0.1) is 0 Å². The van der Waals surface area contributed by atoms with Crippen LogP contribution in [-0.2, 0) is 28.7 Å². The highest BCUT2D eigenvalue weighted by molar-refractivity contribution is 6.10. The van der Waals surface area contributed by atoms with Crippen LogP contribution in [-0.4, -0.2) is 53.8 Å². The number of benzene rings is 3. The molecule has 0 aromatic heterocycles. The zero-order valence-electron chi connectivity index (χ0n) is 24.1. The predicted octanol–water partition coefficient (Wildman–Crippen LogP) is 4.26. The van der Waals surface area contributed by atoms with E-state index in [1.807, 2.05) is 48.5 Å². The van der Waals surface area contributed by atoms with Crippen LogP contribution in [0.4, 0.5) is 5.69 Å². The maximum absolute atomic E-state index is 14.1. The number of hydrogen-bond donors (Lipinski definition) is 1. The van der Waals surface area contributed by atoms with E-state index < -0.39 is 48.2 Å². The molecule has 0 unspecified atom stereocenters. The van der Waals surface area contributed by atoms with Crippen LogP contribution in [0.25, 0.3) is 0 Å². The number of hydrogen-bond acceptors (Lipinski definition) is 7. The van der Waals surface area contributed by atoms with Gasteiger partial charge in [0.15, 0.2) is 6.61 Å². The van der Waals surface area contributed by atoms with Gasteiger partial charge in [0.1, 0.15) is 6.04 Å². The molecule has 7 rings (SSSR count). The van der Waals surface area contributed by atoms with Crippen molar-refractivity contribution in [3.63, 3.8) is 0 Å². The molecule has 3 amide bonds. The Labute approximate surface area is 249 Å². The fourth-order valence-corrected chi connectivity index (χ4v) is 6.97. The minimum atomic E-state index is -1.17. The molecular weight excluding hydrogens is 548 g/mol. The van der Waals surface area contributed by atoms with Crippen molar-refractivity contribution in [2.45, 2.75) is 38.6 Å². The quantitative estimate of drug-likeness (QED) is 0.312. The van der Waals surface area contributed by atoms with Gasteiger partial charge < -0.3 is 14.8 Å². The topological polar surface area (TPSA) is 119 Å². The molecule has 1 heterocycles. The standard InChI is InChI=1S/C34H32N2O7/c1-4-42-33(40)19-13-15-20(16-14-19)35-25(37)17-43-34(41)30(18(2)3)36-31(38)28-26-21-9-5-6-10-22(21)27(29(28)32(36)39)24-12-8-7-11-23(24)26/h5-16,18,26-30H,4,17H2,1-3H3,(H,35,37)/t26?,27?,28-,29+,30-/m0/s1. The molecule has 1 saturated heterocycles. The fraction of sp³-hybridized carbons (Fsp3) is 0.324. The third-order valence-corrected chi connectivity index (χ3v) is 8.66. The molecule has 1 N–H and O–H groups in total. The van der Waals surface area contributed by atoms with Gasteiger partial charge in [-0.05, 0) is 59.4 Å². The number of anilines is 1. The van der Waals surface area contributed by atoms with E-state index in [1.165, 1.54) is 24.3 Å². The van der Waals surface area contributed by atoms with Crippen LogP contribution in [0.3, 0.4) is 0 Å². The second kappa shape index (κ2) is 11.1. The second-order valence-corrected chi connectivity index (χ2v) is 11.5. The van der Waals surface area contributed by atoms with Crippen molar-refractivity contribution in [3.8, 4) is 0 Å². The Bertz CT molecular complexity index is 1510. The second-order valence-electron chi connectivity index (χ2n) is 11.5. The summed E-state index contributed by atoms with van der Waals surface area (Å²) in [5, 5.41) is 2.62. The van der Waals surface area contributed by atoms with Crippen molar-refractivity contribution in [1.29, 1.82) is 0 Å². The number of imide groups is 1. The summed E-state index contributed by atoms with van der Waals surface area (Å²) in [4.78, 5) is 67.2. The number of nitrogens with zero attached hydrogens (tertiary/aromatic N) is 1. The van der Waals surface area contributed by atoms with Crippen molar-refractivity contribution < 1.29 is 33.4 Å². The first-order chi connectivity index (χ1) is 20.7. The lowest BCUT2D eigenvalue weighted by Crippen LogP contribution is -2.49. The van der Waals surface area contributed by atoms with Gasteiger partial charge in [-0.25, -0.2) is 9.59 Å². The summed E-state index contributed by atoms with van der Waals surface area (Å²) in [5.74, 6) is -4.88. The van der Waals surface area contributed by atoms with Gasteiger partial charge in [0.2, 0.25) is 11.8 Å². The number of rotatable bonds is 8. The van der Waals surface area contributed by atoms with Crippen molar-refractivity contribution in [1.82, 2.24) is 4.90 Å². The SMILES string of the molecule is CCOC(=O)c1ccc(NC(=O)COC(=O)[C@H](C(C)C)N2C(=O)[C@@H]3C4c5ccccc5C(c5ccccc54)[C@@H]3C2=O)cc1. The first-order valence-corrected chi connectivity index (χ1v) is 14.5.